The van der Waals surface area contributed by atoms with Gasteiger partial charge in [-0.1, -0.05) is 24.3 Å². The minimum absolute atomic E-state index is 0.00249. The van der Waals surface area contributed by atoms with Crippen LogP contribution in [0.3, 0.4) is 0 Å². The van der Waals surface area contributed by atoms with Gasteiger partial charge in [0.15, 0.2) is 11.6 Å². The molecule has 0 fully saturated rings. The van der Waals surface area contributed by atoms with Crippen LogP contribution in [0.5, 0.6) is 5.75 Å². The average molecular weight is 397 g/mol. The summed E-state index contributed by atoms with van der Waals surface area (Å²) in [6, 6.07) is 10.9. The van der Waals surface area contributed by atoms with Gasteiger partial charge in [-0.25, -0.2) is 17.5 Å². The second-order valence-electron chi connectivity index (χ2n) is 6.03. The molecule has 1 unspecified atom stereocenters. The van der Waals surface area contributed by atoms with Gasteiger partial charge >= 0.3 is 0 Å². The molecule has 0 spiro atoms. The van der Waals surface area contributed by atoms with Crippen molar-refractivity contribution in [3.05, 3.63) is 59.4 Å². The van der Waals surface area contributed by atoms with Crippen LogP contribution in [0.2, 0.25) is 0 Å². The maximum Gasteiger partial charge on any atom is 0.240 e. The molecule has 1 aliphatic rings. The Morgan fingerprint density at radius 1 is 1.31 bits per heavy atom. The largest absolute Gasteiger partial charge is 0.491 e. The molecular formula is C18H20FNO4S2. The van der Waals surface area contributed by atoms with E-state index in [0.29, 0.717) is 5.75 Å². The highest BCUT2D eigenvalue weighted by Gasteiger charge is 2.36. The molecule has 1 aliphatic heterocycles. The first-order valence-corrected chi connectivity index (χ1v) is 10.8. The Hall–Kier alpha value is -1.61. The van der Waals surface area contributed by atoms with E-state index in [9.17, 15) is 17.9 Å². The van der Waals surface area contributed by atoms with Crippen molar-refractivity contribution in [1.82, 2.24) is 4.72 Å². The fourth-order valence-corrected chi connectivity index (χ4v) is 5.14. The molecule has 3 rings (SSSR count). The van der Waals surface area contributed by atoms with Gasteiger partial charge in [0.2, 0.25) is 10.0 Å². The van der Waals surface area contributed by atoms with Gasteiger partial charge in [-0.15, -0.1) is 0 Å². The Balaban J connectivity index is 1.80. The van der Waals surface area contributed by atoms with Crippen LogP contribution in [0.1, 0.15) is 18.1 Å². The number of benzene rings is 2. The smallest absolute Gasteiger partial charge is 0.240 e. The minimum Gasteiger partial charge on any atom is -0.491 e. The highest BCUT2D eigenvalue weighted by atomic mass is 32.2. The van der Waals surface area contributed by atoms with Gasteiger partial charge in [0.25, 0.3) is 0 Å². The zero-order chi connectivity index (χ0) is 18.8. The molecule has 8 heteroatoms. The molecule has 26 heavy (non-hydrogen) atoms. The fraction of sp³-hybridized carbons (Fsp3) is 0.333. The number of fused-ring (bicyclic) bond motifs is 1. The summed E-state index contributed by atoms with van der Waals surface area (Å²) in [5.74, 6) is 0.411. The lowest BCUT2D eigenvalue weighted by molar-refractivity contribution is 0.0659. The van der Waals surface area contributed by atoms with Crippen LogP contribution in [0.15, 0.2) is 47.4 Å². The second-order valence-corrected chi connectivity index (χ2v) is 8.78. The molecule has 2 aromatic carbocycles. The van der Waals surface area contributed by atoms with Crippen molar-refractivity contribution in [2.24, 2.45) is 0 Å². The molecule has 0 saturated heterocycles. The van der Waals surface area contributed by atoms with E-state index in [4.69, 9.17) is 4.74 Å². The Morgan fingerprint density at radius 3 is 2.81 bits per heavy atom. The number of ether oxygens (including phenoxy) is 1. The maximum absolute atomic E-state index is 14.0. The first-order chi connectivity index (χ1) is 12.4. The third-order valence-electron chi connectivity index (χ3n) is 4.19. The van der Waals surface area contributed by atoms with Crippen molar-refractivity contribution in [2.45, 2.75) is 23.2 Å². The quantitative estimate of drug-likeness (QED) is 0.784. The van der Waals surface area contributed by atoms with Crippen LogP contribution in [0.4, 0.5) is 4.39 Å². The Labute approximate surface area is 156 Å². The molecule has 140 valence electrons. The minimum atomic E-state index is -3.97. The second kappa shape index (κ2) is 7.56. The van der Waals surface area contributed by atoms with Crippen LogP contribution in [0, 0.1) is 5.82 Å². The number of hydrogen-bond acceptors (Lipinski definition) is 5. The molecule has 0 bridgehead atoms. The van der Waals surface area contributed by atoms with Crippen LogP contribution >= 0.6 is 11.8 Å². The molecule has 2 N–H and O–H groups in total. The third-order valence-corrected chi connectivity index (χ3v) is 6.78. The summed E-state index contributed by atoms with van der Waals surface area (Å²) in [6.45, 7) is 1.81. The Bertz CT molecular complexity index is 904. The highest BCUT2D eigenvalue weighted by Crippen LogP contribution is 2.36. The number of hydrogen-bond donors (Lipinski definition) is 2. The van der Waals surface area contributed by atoms with Crippen LogP contribution in [-0.4, -0.2) is 32.4 Å². The Kier molecular flexibility index (Phi) is 5.57. The molecule has 2 aromatic rings. The molecule has 0 aliphatic carbocycles. The van der Waals surface area contributed by atoms with Crippen molar-refractivity contribution in [3.8, 4) is 5.75 Å². The van der Waals surface area contributed by atoms with E-state index in [1.165, 1.54) is 23.9 Å². The summed E-state index contributed by atoms with van der Waals surface area (Å²) in [6.07, 6.45) is 0. The summed E-state index contributed by atoms with van der Waals surface area (Å²) in [7, 11) is -3.97. The lowest BCUT2D eigenvalue weighted by atomic mass is 9.91. The molecule has 1 heterocycles. The normalized spacial score (nSPS) is 19.8. The van der Waals surface area contributed by atoms with Crippen molar-refractivity contribution in [1.29, 1.82) is 0 Å². The zero-order valence-corrected chi connectivity index (χ0v) is 15.9. The summed E-state index contributed by atoms with van der Waals surface area (Å²) in [4.78, 5) is -0.209. The van der Waals surface area contributed by atoms with Gasteiger partial charge in [0, 0.05) is 18.1 Å². The van der Waals surface area contributed by atoms with Gasteiger partial charge in [0.05, 0.1) is 11.5 Å². The monoisotopic (exact) mass is 397 g/mol. The lowest BCUT2D eigenvalue weighted by Crippen LogP contribution is -2.44. The van der Waals surface area contributed by atoms with Gasteiger partial charge in [-0.3, -0.25) is 0 Å². The summed E-state index contributed by atoms with van der Waals surface area (Å²) in [5.41, 5.74) is 0.396. The van der Waals surface area contributed by atoms with Crippen LogP contribution in [0.25, 0.3) is 0 Å². The molecule has 0 amide bonds. The Morgan fingerprint density at radius 2 is 2.08 bits per heavy atom. The molecule has 0 saturated carbocycles. The first kappa shape index (κ1) is 19.2. The maximum atomic E-state index is 14.0. The molecule has 1 atom stereocenters. The molecule has 0 radical (unpaired) electrons. The fourth-order valence-electron chi connectivity index (χ4n) is 2.87. The summed E-state index contributed by atoms with van der Waals surface area (Å²) < 4.78 is 46.5. The van der Waals surface area contributed by atoms with Gasteiger partial charge in [-0.05, 0) is 36.2 Å². The van der Waals surface area contributed by atoms with Gasteiger partial charge in [0.1, 0.15) is 5.60 Å². The average Bonchev–Trinajstić information content (AvgIpc) is 2.62. The van der Waals surface area contributed by atoms with E-state index in [1.807, 2.05) is 18.2 Å². The van der Waals surface area contributed by atoms with E-state index in [2.05, 4.69) is 4.72 Å². The molecule has 0 aromatic heterocycles. The van der Waals surface area contributed by atoms with Crippen LogP contribution in [-0.2, 0) is 21.4 Å². The predicted molar refractivity (Wildman–Crippen MR) is 99.3 cm³/mol. The van der Waals surface area contributed by atoms with E-state index < -0.39 is 21.4 Å². The molecular weight excluding hydrogens is 377 g/mol. The number of sulfonamides is 1. The first-order valence-electron chi connectivity index (χ1n) is 8.16. The summed E-state index contributed by atoms with van der Waals surface area (Å²) >= 11 is 1.54. The summed E-state index contributed by atoms with van der Waals surface area (Å²) in [5, 5.41) is 11.0. The third kappa shape index (κ3) is 3.88. The highest BCUT2D eigenvalue weighted by molar-refractivity contribution is 7.98. The van der Waals surface area contributed by atoms with Crippen molar-refractivity contribution in [3.63, 3.8) is 0 Å². The van der Waals surface area contributed by atoms with Crippen molar-refractivity contribution >= 4 is 21.8 Å². The van der Waals surface area contributed by atoms with Gasteiger partial charge in [-0.2, -0.15) is 11.8 Å². The number of nitrogens with one attached hydrogen (secondary N) is 1. The van der Waals surface area contributed by atoms with Crippen LogP contribution < -0.4 is 9.46 Å². The van der Waals surface area contributed by atoms with E-state index in [1.54, 1.807) is 13.0 Å². The van der Waals surface area contributed by atoms with Crippen molar-refractivity contribution < 1.29 is 22.7 Å². The number of aliphatic hydroxyl groups is 1. The number of rotatable bonds is 6. The van der Waals surface area contributed by atoms with Gasteiger partial charge < -0.3 is 9.84 Å². The van der Waals surface area contributed by atoms with Crippen molar-refractivity contribution in [2.75, 3.05) is 18.9 Å². The van der Waals surface area contributed by atoms with E-state index in [-0.39, 0.29) is 23.8 Å². The number of thioether (sulfide) groups is 1. The topological polar surface area (TPSA) is 75.6 Å². The standard InChI is InChI=1S/C18H20FNO4S2/c1-2-24-17-8-7-14(9-16(17)19)26(22,23)20-11-18(21)12-25-10-13-5-3-4-6-15(13)18/h3-9,20-21H,2,10-12H2,1H3. The SMILES string of the molecule is CCOc1ccc(S(=O)(=O)NCC2(O)CSCc3ccccc32)cc1F. The predicted octanol–water partition coefficient (Wildman–Crippen LogP) is 2.64. The van der Waals surface area contributed by atoms with E-state index in [0.717, 1.165) is 22.9 Å². The molecule has 5 nitrogen and oxygen atoms in total. The lowest BCUT2D eigenvalue weighted by Gasteiger charge is -2.34. The van der Waals surface area contributed by atoms with E-state index >= 15 is 0 Å². The zero-order valence-electron chi connectivity index (χ0n) is 14.2. The number of halogens is 1.